The van der Waals surface area contributed by atoms with Crippen molar-refractivity contribution in [3.8, 4) is 0 Å². The average molecular weight is 436 g/mol. The molecule has 4 nitrogen and oxygen atoms in total. The molecule has 0 amide bonds. The number of allylic oxidation sites excluding steroid dienone is 3. The first-order chi connectivity index (χ1) is 13.6. The molecule has 1 aliphatic carbocycles. The van der Waals surface area contributed by atoms with Gasteiger partial charge in [-0.15, -0.1) is 0 Å². The van der Waals surface area contributed by atoms with Gasteiger partial charge in [-0.05, 0) is 42.9 Å². The van der Waals surface area contributed by atoms with Gasteiger partial charge in [-0.3, -0.25) is 4.79 Å². The fraction of sp³-hybridized carbons (Fsp3) is 0.478. The molecule has 1 aromatic carbocycles. The molecule has 0 saturated heterocycles. The maximum absolute atomic E-state index is 13.2. The van der Waals surface area contributed by atoms with Gasteiger partial charge in [-0.25, -0.2) is 4.79 Å². The van der Waals surface area contributed by atoms with Gasteiger partial charge in [0.2, 0.25) is 0 Å². The molecule has 1 atom stereocenters. The van der Waals surface area contributed by atoms with Crippen molar-refractivity contribution in [3.63, 3.8) is 0 Å². The van der Waals surface area contributed by atoms with Crippen LogP contribution < -0.4 is 5.32 Å². The Morgan fingerprint density at radius 1 is 1.28 bits per heavy atom. The van der Waals surface area contributed by atoms with E-state index in [1.54, 1.807) is 18.2 Å². The van der Waals surface area contributed by atoms with Gasteiger partial charge >= 0.3 is 5.97 Å². The van der Waals surface area contributed by atoms with Crippen molar-refractivity contribution in [2.75, 3.05) is 6.61 Å². The number of hydrogen-bond acceptors (Lipinski definition) is 4. The Balaban J connectivity index is 2.13. The van der Waals surface area contributed by atoms with Crippen LogP contribution in [0.15, 0.2) is 40.7 Å². The number of nitrogens with one attached hydrogen (secondary N) is 1. The lowest BCUT2D eigenvalue weighted by Crippen LogP contribution is -2.38. The highest BCUT2D eigenvalue weighted by atomic mass is 35.5. The summed E-state index contributed by atoms with van der Waals surface area (Å²) in [5.74, 6) is -0.941. The van der Waals surface area contributed by atoms with Crippen LogP contribution in [0.25, 0.3) is 0 Å². The molecule has 6 heteroatoms. The van der Waals surface area contributed by atoms with Crippen LogP contribution in [0.3, 0.4) is 0 Å². The van der Waals surface area contributed by atoms with E-state index < -0.39 is 11.9 Å². The highest BCUT2D eigenvalue weighted by molar-refractivity contribution is 6.35. The molecule has 156 valence electrons. The van der Waals surface area contributed by atoms with Gasteiger partial charge in [0.05, 0.1) is 12.2 Å². The van der Waals surface area contributed by atoms with Gasteiger partial charge in [-0.1, -0.05) is 56.5 Å². The third-order valence-electron chi connectivity index (χ3n) is 5.46. The quantitative estimate of drug-likeness (QED) is 0.459. The van der Waals surface area contributed by atoms with Gasteiger partial charge in [0.15, 0.2) is 5.78 Å². The molecular weight excluding hydrogens is 409 g/mol. The number of Topliss-reactive ketones (excluding diaryl/α,β-unsaturated/α-hetero) is 1. The fourth-order valence-corrected chi connectivity index (χ4v) is 4.66. The number of benzene rings is 1. The molecule has 2 aliphatic rings. The molecule has 3 rings (SSSR count). The van der Waals surface area contributed by atoms with Crippen molar-refractivity contribution in [1.82, 2.24) is 5.32 Å². The number of esters is 1. The summed E-state index contributed by atoms with van der Waals surface area (Å²) < 4.78 is 5.52. The Labute approximate surface area is 182 Å². The minimum Gasteiger partial charge on any atom is -0.462 e. The van der Waals surface area contributed by atoms with E-state index in [1.807, 2.05) is 13.8 Å². The first-order valence-electron chi connectivity index (χ1n) is 10.0. The lowest BCUT2D eigenvalue weighted by molar-refractivity contribution is -0.139. The summed E-state index contributed by atoms with van der Waals surface area (Å²) in [6.45, 7) is 8.39. The molecule has 1 aromatic rings. The van der Waals surface area contributed by atoms with Crippen molar-refractivity contribution in [2.24, 2.45) is 5.41 Å². The predicted octanol–water partition coefficient (Wildman–Crippen LogP) is 5.94. The van der Waals surface area contributed by atoms with Crippen molar-refractivity contribution < 1.29 is 14.3 Å². The summed E-state index contributed by atoms with van der Waals surface area (Å²) in [7, 11) is 0. The zero-order chi connectivity index (χ0) is 21.3. The maximum Gasteiger partial charge on any atom is 0.336 e. The number of rotatable bonds is 5. The number of ketones is 1. The van der Waals surface area contributed by atoms with E-state index in [-0.39, 0.29) is 11.2 Å². The van der Waals surface area contributed by atoms with Gasteiger partial charge < -0.3 is 10.1 Å². The molecule has 1 N–H and O–H groups in total. The Morgan fingerprint density at radius 3 is 2.66 bits per heavy atom. The first kappa shape index (κ1) is 21.9. The van der Waals surface area contributed by atoms with Crippen molar-refractivity contribution in [1.29, 1.82) is 0 Å². The number of hydrogen-bond donors (Lipinski definition) is 1. The Hall–Kier alpha value is -1.78. The van der Waals surface area contributed by atoms with Crippen LogP contribution in [0.1, 0.15) is 64.9 Å². The highest BCUT2D eigenvalue weighted by Crippen LogP contribution is 2.48. The molecule has 0 unspecified atom stereocenters. The second kappa shape index (κ2) is 8.53. The maximum atomic E-state index is 13.2. The van der Waals surface area contributed by atoms with Gasteiger partial charge in [0, 0.05) is 39.4 Å². The summed E-state index contributed by atoms with van der Waals surface area (Å²) in [6, 6.07) is 5.18. The normalized spacial score (nSPS) is 21.0. The highest BCUT2D eigenvalue weighted by Gasteiger charge is 2.43. The molecule has 29 heavy (non-hydrogen) atoms. The van der Waals surface area contributed by atoms with E-state index in [4.69, 9.17) is 27.9 Å². The van der Waals surface area contributed by atoms with Gasteiger partial charge in [0.25, 0.3) is 0 Å². The van der Waals surface area contributed by atoms with Crippen molar-refractivity contribution >= 4 is 35.0 Å². The number of halogens is 2. The largest absolute Gasteiger partial charge is 0.462 e. The van der Waals surface area contributed by atoms with Crippen LogP contribution in [-0.4, -0.2) is 18.4 Å². The van der Waals surface area contributed by atoms with Crippen molar-refractivity contribution in [2.45, 2.75) is 59.3 Å². The minimum absolute atomic E-state index is 0.0334. The van der Waals surface area contributed by atoms with Crippen LogP contribution in [0, 0.1) is 5.41 Å². The topological polar surface area (TPSA) is 55.4 Å². The van der Waals surface area contributed by atoms with E-state index in [0.717, 1.165) is 25.0 Å². The summed E-state index contributed by atoms with van der Waals surface area (Å²) in [6.07, 6.45) is 2.87. The summed E-state index contributed by atoms with van der Waals surface area (Å²) >= 11 is 12.6. The second-order valence-electron chi connectivity index (χ2n) is 8.59. The van der Waals surface area contributed by atoms with Crippen LogP contribution >= 0.6 is 23.2 Å². The van der Waals surface area contributed by atoms with E-state index in [1.165, 1.54) is 0 Å². The zero-order valence-corrected chi connectivity index (χ0v) is 18.8. The molecule has 0 radical (unpaired) electrons. The number of ether oxygens (including phenoxy) is 1. The molecule has 0 spiro atoms. The smallest absolute Gasteiger partial charge is 0.336 e. The Morgan fingerprint density at radius 2 is 2.00 bits per heavy atom. The molecule has 0 aromatic heterocycles. The lowest BCUT2D eigenvalue weighted by Gasteiger charge is -2.39. The van der Waals surface area contributed by atoms with Crippen LogP contribution in [0.5, 0.6) is 0 Å². The third-order valence-corrected chi connectivity index (χ3v) is 6.03. The third kappa shape index (κ3) is 4.54. The Bertz CT molecular complexity index is 915. The van der Waals surface area contributed by atoms with Crippen LogP contribution in [-0.2, 0) is 14.3 Å². The molecule has 0 fully saturated rings. The molecule has 1 heterocycles. The number of carbonyl (C=O) groups is 2. The minimum atomic E-state index is -0.561. The fourth-order valence-electron chi connectivity index (χ4n) is 4.14. The molecule has 0 bridgehead atoms. The predicted molar refractivity (Wildman–Crippen MR) is 116 cm³/mol. The average Bonchev–Trinajstić information content (AvgIpc) is 2.59. The molecule has 0 saturated carbocycles. The monoisotopic (exact) mass is 435 g/mol. The summed E-state index contributed by atoms with van der Waals surface area (Å²) in [4.78, 5) is 26.2. The van der Waals surface area contributed by atoms with E-state index in [0.29, 0.717) is 45.5 Å². The van der Waals surface area contributed by atoms with Crippen LogP contribution in [0.4, 0.5) is 0 Å². The standard InChI is InChI=1S/C23H27Cl2NO3/c1-5-6-9-29-22(28)19-13(2)26-17-11-23(3,4)12-18(27)21(17)20(19)15-8-7-14(24)10-16(15)25/h7-8,10,20,26H,5-6,9,11-12H2,1-4H3/t20-/m1/s1. The van der Waals surface area contributed by atoms with Gasteiger partial charge in [0.1, 0.15) is 0 Å². The number of carbonyl (C=O) groups excluding carboxylic acids is 2. The van der Waals surface area contributed by atoms with E-state index in [9.17, 15) is 9.59 Å². The van der Waals surface area contributed by atoms with E-state index in [2.05, 4.69) is 19.2 Å². The van der Waals surface area contributed by atoms with Crippen LogP contribution in [0.2, 0.25) is 10.0 Å². The number of dihydropyridines is 1. The molecular formula is C23H27Cl2NO3. The second-order valence-corrected chi connectivity index (χ2v) is 9.43. The molecule has 1 aliphatic heterocycles. The SMILES string of the molecule is CCCCOC(=O)C1=C(C)NC2=C(C(=O)CC(C)(C)C2)[C@@H]1c1ccc(Cl)cc1Cl. The van der Waals surface area contributed by atoms with E-state index >= 15 is 0 Å². The number of unbranched alkanes of at least 4 members (excludes halogenated alkanes) is 1. The Kier molecular flexibility index (Phi) is 6.45. The summed E-state index contributed by atoms with van der Waals surface area (Å²) in [5.41, 5.74) is 3.17. The lowest BCUT2D eigenvalue weighted by atomic mass is 9.68. The summed E-state index contributed by atoms with van der Waals surface area (Å²) in [5, 5.41) is 4.26. The van der Waals surface area contributed by atoms with Crippen molar-refractivity contribution in [3.05, 3.63) is 56.3 Å². The van der Waals surface area contributed by atoms with Gasteiger partial charge in [-0.2, -0.15) is 0 Å². The zero-order valence-electron chi connectivity index (χ0n) is 17.3. The first-order valence-corrected chi connectivity index (χ1v) is 10.8.